The Morgan fingerprint density at radius 3 is 2.53 bits per heavy atom. The quantitative estimate of drug-likeness (QED) is 0.677. The molecule has 1 atom stereocenters. The Labute approximate surface area is 105 Å². The van der Waals surface area contributed by atoms with Crippen LogP contribution < -0.4 is 11.5 Å². The molecule has 0 radical (unpaired) electrons. The molecule has 0 amide bonds. The highest BCUT2D eigenvalue weighted by Gasteiger charge is 1.99. The van der Waals surface area contributed by atoms with Crippen LogP contribution >= 0.6 is 0 Å². The molecule has 0 aliphatic heterocycles. The summed E-state index contributed by atoms with van der Waals surface area (Å²) in [6.45, 7) is 0.795. The van der Waals surface area contributed by atoms with Gasteiger partial charge in [0.1, 0.15) is 0 Å². The standard InChI is InChI=1S/C15H24N2/c16-13-6-2-5-11-15(17)12-7-10-14-8-3-1-4-9-14/h1,3-4,7-10,15H,2,5-6,11-13,16-17H2. The molecule has 0 saturated carbocycles. The van der Waals surface area contributed by atoms with Gasteiger partial charge in [0.05, 0.1) is 0 Å². The van der Waals surface area contributed by atoms with Gasteiger partial charge in [-0.05, 0) is 31.4 Å². The van der Waals surface area contributed by atoms with Gasteiger partial charge in [-0.3, -0.25) is 0 Å². The van der Waals surface area contributed by atoms with Gasteiger partial charge in [-0.1, -0.05) is 55.3 Å². The molecule has 1 rings (SSSR count). The largest absolute Gasteiger partial charge is 0.330 e. The first-order valence-electron chi connectivity index (χ1n) is 6.50. The molecule has 0 spiro atoms. The van der Waals surface area contributed by atoms with E-state index < -0.39 is 0 Å². The van der Waals surface area contributed by atoms with Gasteiger partial charge >= 0.3 is 0 Å². The van der Waals surface area contributed by atoms with Crippen molar-refractivity contribution in [3.05, 3.63) is 42.0 Å². The molecule has 0 aliphatic rings. The lowest BCUT2D eigenvalue weighted by Gasteiger charge is -2.08. The van der Waals surface area contributed by atoms with E-state index in [1.165, 1.54) is 18.4 Å². The molecule has 94 valence electrons. The number of benzene rings is 1. The van der Waals surface area contributed by atoms with Crippen LogP contribution in [0.3, 0.4) is 0 Å². The number of nitrogens with two attached hydrogens (primary N) is 2. The van der Waals surface area contributed by atoms with Crippen LogP contribution in [-0.4, -0.2) is 12.6 Å². The number of unbranched alkanes of at least 4 members (excludes halogenated alkanes) is 2. The van der Waals surface area contributed by atoms with Crippen molar-refractivity contribution in [3.63, 3.8) is 0 Å². The second-order valence-electron chi connectivity index (χ2n) is 4.45. The maximum absolute atomic E-state index is 6.04. The van der Waals surface area contributed by atoms with Gasteiger partial charge in [-0.25, -0.2) is 0 Å². The zero-order chi connectivity index (χ0) is 12.3. The van der Waals surface area contributed by atoms with Crippen LogP contribution in [0.5, 0.6) is 0 Å². The summed E-state index contributed by atoms with van der Waals surface area (Å²) >= 11 is 0. The van der Waals surface area contributed by atoms with E-state index in [4.69, 9.17) is 11.5 Å². The second-order valence-corrected chi connectivity index (χ2v) is 4.45. The monoisotopic (exact) mass is 232 g/mol. The van der Waals surface area contributed by atoms with E-state index in [-0.39, 0.29) is 6.04 Å². The normalized spacial score (nSPS) is 13.1. The Kier molecular flexibility index (Phi) is 7.35. The van der Waals surface area contributed by atoms with Crippen molar-refractivity contribution in [1.29, 1.82) is 0 Å². The van der Waals surface area contributed by atoms with Crippen molar-refractivity contribution < 1.29 is 0 Å². The molecular weight excluding hydrogens is 208 g/mol. The minimum atomic E-state index is 0.285. The van der Waals surface area contributed by atoms with Gasteiger partial charge in [0.15, 0.2) is 0 Å². The van der Waals surface area contributed by atoms with Gasteiger partial charge in [0.25, 0.3) is 0 Å². The SMILES string of the molecule is NCCCCCC(N)CC=Cc1ccccc1. The average molecular weight is 232 g/mol. The predicted molar refractivity (Wildman–Crippen MR) is 75.6 cm³/mol. The Bertz CT molecular complexity index is 306. The molecule has 0 saturated heterocycles. The molecule has 0 fully saturated rings. The van der Waals surface area contributed by atoms with E-state index in [2.05, 4.69) is 24.3 Å². The van der Waals surface area contributed by atoms with Crippen LogP contribution in [0.25, 0.3) is 6.08 Å². The number of hydrogen-bond acceptors (Lipinski definition) is 2. The first-order valence-corrected chi connectivity index (χ1v) is 6.50. The van der Waals surface area contributed by atoms with Crippen LogP contribution in [0.2, 0.25) is 0 Å². The summed E-state index contributed by atoms with van der Waals surface area (Å²) in [5, 5.41) is 0. The average Bonchev–Trinajstić information content (AvgIpc) is 2.36. The third kappa shape index (κ3) is 6.93. The highest BCUT2D eigenvalue weighted by Crippen LogP contribution is 2.07. The molecule has 17 heavy (non-hydrogen) atoms. The molecule has 0 heterocycles. The van der Waals surface area contributed by atoms with E-state index in [9.17, 15) is 0 Å². The fraction of sp³-hybridized carbons (Fsp3) is 0.467. The Hall–Kier alpha value is -1.12. The Morgan fingerprint density at radius 2 is 1.82 bits per heavy atom. The summed E-state index contributed by atoms with van der Waals surface area (Å²) in [6.07, 6.45) is 9.87. The van der Waals surface area contributed by atoms with Crippen molar-refractivity contribution in [1.82, 2.24) is 0 Å². The second kappa shape index (κ2) is 8.97. The first-order chi connectivity index (χ1) is 8.33. The summed E-state index contributed by atoms with van der Waals surface area (Å²) in [5.41, 5.74) is 12.7. The fourth-order valence-electron chi connectivity index (χ4n) is 1.79. The van der Waals surface area contributed by atoms with E-state index in [1.54, 1.807) is 0 Å². The predicted octanol–water partition coefficient (Wildman–Crippen LogP) is 2.94. The van der Waals surface area contributed by atoms with E-state index in [0.717, 1.165) is 25.8 Å². The molecule has 0 bridgehead atoms. The van der Waals surface area contributed by atoms with E-state index >= 15 is 0 Å². The molecule has 1 aromatic carbocycles. The van der Waals surface area contributed by atoms with Gasteiger partial charge in [-0.15, -0.1) is 0 Å². The molecular formula is C15H24N2. The molecule has 1 unspecified atom stereocenters. The first kappa shape index (κ1) is 13.9. The van der Waals surface area contributed by atoms with Crippen LogP contribution in [0.1, 0.15) is 37.7 Å². The summed E-state index contributed by atoms with van der Waals surface area (Å²) in [5.74, 6) is 0. The topological polar surface area (TPSA) is 52.0 Å². The molecule has 1 aromatic rings. The zero-order valence-corrected chi connectivity index (χ0v) is 10.5. The molecule has 0 aliphatic carbocycles. The van der Waals surface area contributed by atoms with Crippen molar-refractivity contribution in [3.8, 4) is 0 Å². The van der Waals surface area contributed by atoms with Crippen LogP contribution in [0.15, 0.2) is 36.4 Å². The van der Waals surface area contributed by atoms with Crippen LogP contribution in [-0.2, 0) is 0 Å². The zero-order valence-electron chi connectivity index (χ0n) is 10.5. The lowest BCUT2D eigenvalue weighted by atomic mass is 10.1. The summed E-state index contributed by atoms with van der Waals surface area (Å²) in [4.78, 5) is 0. The lowest BCUT2D eigenvalue weighted by molar-refractivity contribution is 0.558. The fourth-order valence-corrected chi connectivity index (χ4v) is 1.79. The molecule has 2 nitrogen and oxygen atoms in total. The number of rotatable bonds is 8. The van der Waals surface area contributed by atoms with Gasteiger partial charge in [0, 0.05) is 6.04 Å². The summed E-state index contributed by atoms with van der Waals surface area (Å²) in [6, 6.07) is 10.6. The summed E-state index contributed by atoms with van der Waals surface area (Å²) < 4.78 is 0. The van der Waals surface area contributed by atoms with Crippen molar-refractivity contribution in [2.75, 3.05) is 6.54 Å². The minimum Gasteiger partial charge on any atom is -0.330 e. The van der Waals surface area contributed by atoms with Crippen molar-refractivity contribution >= 4 is 6.08 Å². The molecule has 4 N–H and O–H groups in total. The van der Waals surface area contributed by atoms with Crippen LogP contribution in [0, 0.1) is 0 Å². The maximum Gasteiger partial charge on any atom is 0.00735 e. The highest BCUT2D eigenvalue weighted by atomic mass is 14.6. The molecule has 2 heteroatoms. The third-order valence-corrected chi connectivity index (χ3v) is 2.83. The Morgan fingerprint density at radius 1 is 1.06 bits per heavy atom. The van der Waals surface area contributed by atoms with Gasteiger partial charge in [0.2, 0.25) is 0 Å². The van der Waals surface area contributed by atoms with Gasteiger partial charge in [-0.2, -0.15) is 0 Å². The molecule has 0 aromatic heterocycles. The van der Waals surface area contributed by atoms with Crippen molar-refractivity contribution in [2.45, 2.75) is 38.1 Å². The van der Waals surface area contributed by atoms with Crippen LogP contribution in [0.4, 0.5) is 0 Å². The number of hydrogen-bond donors (Lipinski definition) is 2. The summed E-state index contributed by atoms with van der Waals surface area (Å²) in [7, 11) is 0. The van der Waals surface area contributed by atoms with E-state index in [0.29, 0.717) is 0 Å². The maximum atomic E-state index is 6.04. The Balaban J connectivity index is 2.15. The lowest BCUT2D eigenvalue weighted by Crippen LogP contribution is -2.18. The van der Waals surface area contributed by atoms with Crippen molar-refractivity contribution in [2.24, 2.45) is 11.5 Å². The van der Waals surface area contributed by atoms with Gasteiger partial charge < -0.3 is 11.5 Å². The smallest absolute Gasteiger partial charge is 0.00735 e. The third-order valence-electron chi connectivity index (χ3n) is 2.83. The van der Waals surface area contributed by atoms with E-state index in [1.807, 2.05) is 18.2 Å². The highest BCUT2D eigenvalue weighted by molar-refractivity contribution is 5.48. The minimum absolute atomic E-state index is 0.285.